The van der Waals surface area contributed by atoms with Crippen LogP contribution < -0.4 is 10.9 Å². The molecule has 0 bridgehead atoms. The molecule has 94 valence electrons. The summed E-state index contributed by atoms with van der Waals surface area (Å²) in [4.78, 5) is 16.0. The Kier molecular flexibility index (Phi) is 4.79. The maximum Gasteiger partial charge on any atom is 0.293 e. The van der Waals surface area contributed by atoms with Gasteiger partial charge in [0.05, 0.1) is 0 Å². The van der Waals surface area contributed by atoms with Gasteiger partial charge >= 0.3 is 0 Å². The number of hydrogen-bond donors (Lipinski definition) is 1. The van der Waals surface area contributed by atoms with Gasteiger partial charge in [0.15, 0.2) is 5.82 Å². The van der Waals surface area contributed by atoms with Gasteiger partial charge in [-0.2, -0.15) is 23.5 Å². The van der Waals surface area contributed by atoms with Gasteiger partial charge in [-0.1, -0.05) is 0 Å². The highest BCUT2D eigenvalue weighted by Crippen LogP contribution is 2.23. The number of anilines is 1. The monoisotopic (exact) mass is 271 g/mol. The van der Waals surface area contributed by atoms with E-state index in [-0.39, 0.29) is 5.56 Å². The summed E-state index contributed by atoms with van der Waals surface area (Å²) in [5, 5.41) is 3.77. The molecule has 1 atom stereocenters. The molecule has 0 aromatic carbocycles. The van der Waals surface area contributed by atoms with Gasteiger partial charge in [0.2, 0.25) is 0 Å². The van der Waals surface area contributed by atoms with E-state index in [0.717, 1.165) is 12.3 Å². The van der Waals surface area contributed by atoms with Crippen LogP contribution >= 0.6 is 23.5 Å². The molecule has 1 saturated heterocycles. The normalized spacial score (nSPS) is 20.2. The van der Waals surface area contributed by atoms with Crippen LogP contribution in [0, 0.1) is 0 Å². The van der Waals surface area contributed by atoms with Crippen LogP contribution in [0.4, 0.5) is 5.82 Å². The lowest BCUT2D eigenvalue weighted by atomic mass is 10.4. The van der Waals surface area contributed by atoms with Crippen LogP contribution in [-0.4, -0.2) is 38.6 Å². The Bertz CT molecular complexity index is 415. The lowest BCUT2D eigenvalue weighted by Crippen LogP contribution is -2.29. The average Bonchev–Trinajstić information content (AvgIpc) is 2.39. The van der Waals surface area contributed by atoms with E-state index in [1.165, 1.54) is 11.5 Å². The SMILES string of the molecule is CCn1ccnc(NCC2CSCCS2)c1=O. The van der Waals surface area contributed by atoms with E-state index < -0.39 is 0 Å². The molecule has 0 saturated carbocycles. The summed E-state index contributed by atoms with van der Waals surface area (Å²) < 4.78 is 1.66. The number of thioether (sulfide) groups is 2. The lowest BCUT2D eigenvalue weighted by molar-refractivity contribution is 0.718. The number of nitrogens with one attached hydrogen (secondary N) is 1. The Labute approximate surface area is 110 Å². The van der Waals surface area contributed by atoms with Crippen molar-refractivity contribution in [3.63, 3.8) is 0 Å². The molecule has 1 N–H and O–H groups in total. The fourth-order valence-electron chi connectivity index (χ4n) is 1.68. The summed E-state index contributed by atoms with van der Waals surface area (Å²) in [5.74, 6) is 4.09. The average molecular weight is 271 g/mol. The first-order valence-electron chi connectivity index (χ1n) is 5.80. The van der Waals surface area contributed by atoms with Crippen molar-refractivity contribution in [1.82, 2.24) is 9.55 Å². The van der Waals surface area contributed by atoms with Crippen LogP contribution in [0.15, 0.2) is 17.2 Å². The highest BCUT2D eigenvalue weighted by atomic mass is 32.2. The molecule has 1 aromatic heterocycles. The van der Waals surface area contributed by atoms with Gasteiger partial charge in [-0.15, -0.1) is 0 Å². The van der Waals surface area contributed by atoms with Crippen molar-refractivity contribution >= 4 is 29.3 Å². The molecule has 0 radical (unpaired) electrons. The standard InChI is InChI=1S/C11H17N3OS2/c1-2-14-4-3-12-10(11(14)15)13-7-9-8-16-5-6-17-9/h3-4,9H,2,5-8H2,1H3,(H,12,13). The molecule has 1 aliphatic rings. The smallest absolute Gasteiger partial charge is 0.293 e. The Morgan fingerprint density at radius 1 is 1.59 bits per heavy atom. The molecule has 1 unspecified atom stereocenters. The molecule has 1 fully saturated rings. The first kappa shape index (κ1) is 12.8. The van der Waals surface area contributed by atoms with Gasteiger partial charge in [0.25, 0.3) is 5.56 Å². The maximum absolute atomic E-state index is 11.9. The zero-order chi connectivity index (χ0) is 12.1. The van der Waals surface area contributed by atoms with Gasteiger partial charge in [-0.05, 0) is 6.92 Å². The second kappa shape index (κ2) is 6.35. The number of aromatic nitrogens is 2. The van der Waals surface area contributed by atoms with Crippen molar-refractivity contribution in [3.05, 3.63) is 22.7 Å². The third-order valence-electron chi connectivity index (χ3n) is 2.64. The molecule has 17 heavy (non-hydrogen) atoms. The summed E-state index contributed by atoms with van der Waals surface area (Å²) >= 11 is 3.96. The molecular formula is C11H17N3OS2. The fourth-order valence-corrected chi connectivity index (χ4v) is 4.29. The summed E-state index contributed by atoms with van der Waals surface area (Å²) in [5.41, 5.74) is -0.0246. The predicted molar refractivity (Wildman–Crippen MR) is 76.2 cm³/mol. The Hall–Kier alpha value is -0.620. The van der Waals surface area contributed by atoms with E-state index in [4.69, 9.17) is 0 Å². The zero-order valence-electron chi connectivity index (χ0n) is 9.89. The van der Waals surface area contributed by atoms with Crippen LogP contribution in [0.3, 0.4) is 0 Å². The lowest BCUT2D eigenvalue weighted by Gasteiger charge is -2.21. The highest BCUT2D eigenvalue weighted by Gasteiger charge is 2.14. The van der Waals surface area contributed by atoms with Crippen molar-refractivity contribution in [3.8, 4) is 0 Å². The Morgan fingerprint density at radius 3 is 3.18 bits per heavy atom. The predicted octanol–water partition coefficient (Wildman–Crippen LogP) is 1.52. The molecule has 6 heteroatoms. The summed E-state index contributed by atoms with van der Waals surface area (Å²) in [6, 6.07) is 0. The molecular weight excluding hydrogens is 254 g/mol. The van der Waals surface area contributed by atoms with Crippen LogP contribution in [-0.2, 0) is 6.54 Å². The third kappa shape index (κ3) is 3.42. The second-order valence-electron chi connectivity index (χ2n) is 3.82. The van der Waals surface area contributed by atoms with E-state index >= 15 is 0 Å². The van der Waals surface area contributed by atoms with Gasteiger partial charge in [0.1, 0.15) is 0 Å². The van der Waals surface area contributed by atoms with Crippen LogP contribution in [0.2, 0.25) is 0 Å². The minimum absolute atomic E-state index is 0.0246. The molecule has 0 spiro atoms. The van der Waals surface area contributed by atoms with Crippen molar-refractivity contribution in [2.24, 2.45) is 0 Å². The maximum atomic E-state index is 11.9. The number of nitrogens with zero attached hydrogens (tertiary/aromatic N) is 2. The molecule has 2 rings (SSSR count). The van der Waals surface area contributed by atoms with Crippen LogP contribution in [0.5, 0.6) is 0 Å². The van der Waals surface area contributed by atoms with Gasteiger partial charge in [-0.3, -0.25) is 4.79 Å². The number of rotatable bonds is 4. The van der Waals surface area contributed by atoms with Gasteiger partial charge < -0.3 is 9.88 Å². The minimum atomic E-state index is -0.0246. The topological polar surface area (TPSA) is 46.9 Å². The summed E-state index contributed by atoms with van der Waals surface area (Å²) in [6.07, 6.45) is 3.40. The van der Waals surface area contributed by atoms with Crippen molar-refractivity contribution in [1.29, 1.82) is 0 Å². The third-order valence-corrected chi connectivity index (χ3v) is 5.48. The zero-order valence-corrected chi connectivity index (χ0v) is 11.5. The second-order valence-corrected chi connectivity index (χ2v) is 6.37. The largest absolute Gasteiger partial charge is 0.364 e. The number of hydrogen-bond acceptors (Lipinski definition) is 5. The van der Waals surface area contributed by atoms with Crippen molar-refractivity contribution in [2.45, 2.75) is 18.7 Å². The fraction of sp³-hybridized carbons (Fsp3) is 0.636. The minimum Gasteiger partial charge on any atom is -0.364 e. The Morgan fingerprint density at radius 2 is 2.47 bits per heavy atom. The molecule has 2 heterocycles. The highest BCUT2D eigenvalue weighted by molar-refractivity contribution is 8.06. The van der Waals surface area contributed by atoms with E-state index in [2.05, 4.69) is 10.3 Å². The molecule has 1 aliphatic heterocycles. The van der Waals surface area contributed by atoms with Crippen molar-refractivity contribution < 1.29 is 0 Å². The van der Waals surface area contributed by atoms with Gasteiger partial charge in [-0.25, -0.2) is 4.98 Å². The first-order valence-corrected chi connectivity index (χ1v) is 8.00. The molecule has 1 aromatic rings. The van der Waals surface area contributed by atoms with Crippen molar-refractivity contribution in [2.75, 3.05) is 29.1 Å². The Balaban J connectivity index is 1.96. The first-order chi connectivity index (χ1) is 8.31. The van der Waals surface area contributed by atoms with Crippen LogP contribution in [0.1, 0.15) is 6.92 Å². The quantitative estimate of drug-likeness (QED) is 0.900. The summed E-state index contributed by atoms with van der Waals surface area (Å²) in [6.45, 7) is 3.47. The van der Waals surface area contributed by atoms with Gasteiger partial charge in [0, 0.05) is 48.0 Å². The molecule has 4 nitrogen and oxygen atoms in total. The molecule has 0 amide bonds. The van der Waals surface area contributed by atoms with E-state index in [9.17, 15) is 4.79 Å². The van der Waals surface area contributed by atoms with E-state index in [1.54, 1.807) is 17.0 Å². The summed E-state index contributed by atoms with van der Waals surface area (Å²) in [7, 11) is 0. The van der Waals surface area contributed by atoms with E-state index in [0.29, 0.717) is 17.6 Å². The van der Waals surface area contributed by atoms with E-state index in [1.807, 2.05) is 30.4 Å². The molecule has 0 aliphatic carbocycles. The number of aryl methyl sites for hydroxylation is 1. The van der Waals surface area contributed by atoms with Crippen LogP contribution in [0.25, 0.3) is 0 Å².